The summed E-state index contributed by atoms with van der Waals surface area (Å²) in [7, 11) is 5.98. The number of likely N-dealkylation sites (tertiary alicyclic amines) is 1. The van der Waals surface area contributed by atoms with Crippen molar-refractivity contribution < 1.29 is 9.18 Å². The number of nitrogens with one attached hydrogen (secondary N) is 2. The van der Waals surface area contributed by atoms with Gasteiger partial charge in [0.15, 0.2) is 0 Å². The monoisotopic (exact) mass is 552 g/mol. The van der Waals surface area contributed by atoms with Gasteiger partial charge in [-0.2, -0.15) is 5.10 Å². The Hall–Kier alpha value is -4.59. The lowest BCUT2D eigenvalue weighted by molar-refractivity contribution is 0.102. The number of aryl methyl sites for hydroxylation is 2. The van der Waals surface area contributed by atoms with Crippen LogP contribution in [0.3, 0.4) is 0 Å². The highest BCUT2D eigenvalue weighted by Crippen LogP contribution is 2.21. The number of aromatic nitrogens is 4. The lowest BCUT2D eigenvalue weighted by Crippen LogP contribution is -2.31. The number of nitrogens with zero attached hydrogens (tertiary/aromatic N) is 6. The van der Waals surface area contributed by atoms with Gasteiger partial charge in [0.25, 0.3) is 5.91 Å². The van der Waals surface area contributed by atoms with Crippen LogP contribution in [-0.4, -0.2) is 68.7 Å². The van der Waals surface area contributed by atoms with Crippen LogP contribution < -0.4 is 10.6 Å². The quantitative estimate of drug-likeness (QED) is 0.332. The van der Waals surface area contributed by atoms with Crippen LogP contribution in [0.4, 0.5) is 21.7 Å². The van der Waals surface area contributed by atoms with Crippen LogP contribution in [0, 0.1) is 24.6 Å². The van der Waals surface area contributed by atoms with Gasteiger partial charge in [0, 0.05) is 73.7 Å². The molecule has 0 bridgehead atoms. The summed E-state index contributed by atoms with van der Waals surface area (Å²) in [5.41, 5.74) is 4.53. The van der Waals surface area contributed by atoms with Crippen molar-refractivity contribution in [3.8, 4) is 11.8 Å². The van der Waals surface area contributed by atoms with Crippen LogP contribution in [-0.2, 0) is 13.6 Å². The molecule has 1 aliphatic heterocycles. The normalized spacial score (nSPS) is 15.0. The Morgan fingerprint density at radius 1 is 1.10 bits per heavy atom. The molecule has 2 aromatic carbocycles. The number of hydrogen-bond acceptors (Lipinski definition) is 7. The van der Waals surface area contributed by atoms with Crippen molar-refractivity contribution in [1.29, 1.82) is 0 Å². The zero-order valence-electron chi connectivity index (χ0n) is 23.6. The molecule has 1 aliphatic rings. The molecule has 3 heterocycles. The SMILES string of the molecule is Cc1ccc(C(=O)Nc2ccc(CN3CC[C@@H](N(C)C)C3)c(F)c2)cc1C#Cc1cnc(Nc2cnn(C)c2)nc1. The second kappa shape index (κ2) is 12.3. The van der Waals surface area contributed by atoms with Gasteiger partial charge >= 0.3 is 0 Å². The first-order chi connectivity index (χ1) is 19.7. The highest BCUT2D eigenvalue weighted by atomic mass is 19.1. The molecule has 1 atom stereocenters. The van der Waals surface area contributed by atoms with Gasteiger partial charge in [-0.1, -0.05) is 24.0 Å². The summed E-state index contributed by atoms with van der Waals surface area (Å²) >= 11 is 0. The van der Waals surface area contributed by atoms with Crippen molar-refractivity contribution in [2.24, 2.45) is 7.05 Å². The third-order valence-corrected chi connectivity index (χ3v) is 7.14. The Morgan fingerprint density at radius 3 is 2.59 bits per heavy atom. The molecule has 1 fully saturated rings. The number of anilines is 3. The number of rotatable bonds is 7. The predicted molar refractivity (Wildman–Crippen MR) is 157 cm³/mol. The Labute approximate surface area is 239 Å². The maximum absolute atomic E-state index is 14.9. The van der Waals surface area contributed by atoms with Crippen LogP contribution >= 0.6 is 0 Å². The van der Waals surface area contributed by atoms with Crippen molar-refractivity contribution >= 4 is 23.2 Å². The van der Waals surface area contributed by atoms with Crippen molar-refractivity contribution in [3.63, 3.8) is 0 Å². The standard InChI is InChI=1S/C31H33FN8O/c1-21-5-7-24(13-23(21)8-6-22-15-33-31(34-16-22)37-27-17-35-39(4)19-27)30(41)36-26-10-9-25(29(32)14-26)18-40-12-11-28(20-40)38(2)3/h5,7,9-10,13-17,19,28H,11-12,18,20H2,1-4H3,(H,36,41)(H,33,34,37)/t28-/m1/s1. The molecule has 1 saturated heterocycles. The molecule has 9 nitrogen and oxygen atoms in total. The number of amides is 1. The minimum Gasteiger partial charge on any atom is -0.322 e. The van der Waals surface area contributed by atoms with E-state index in [1.54, 1.807) is 47.5 Å². The number of carbonyl (C=O) groups is 1. The van der Waals surface area contributed by atoms with Crippen LogP contribution in [0.1, 0.15) is 39.0 Å². The van der Waals surface area contributed by atoms with E-state index >= 15 is 0 Å². The fourth-order valence-electron chi connectivity index (χ4n) is 4.68. The summed E-state index contributed by atoms with van der Waals surface area (Å²) in [6, 6.07) is 10.7. The van der Waals surface area contributed by atoms with E-state index in [1.807, 2.05) is 26.2 Å². The van der Waals surface area contributed by atoms with Gasteiger partial charge in [-0.05, 0) is 57.3 Å². The second-order valence-corrected chi connectivity index (χ2v) is 10.5. The van der Waals surface area contributed by atoms with Crippen molar-refractivity contribution in [2.45, 2.75) is 25.9 Å². The fraction of sp³-hybridized carbons (Fsp3) is 0.290. The van der Waals surface area contributed by atoms with E-state index in [0.29, 0.717) is 46.5 Å². The van der Waals surface area contributed by atoms with Gasteiger partial charge in [0.2, 0.25) is 5.95 Å². The second-order valence-electron chi connectivity index (χ2n) is 10.5. The van der Waals surface area contributed by atoms with Crippen molar-refractivity contribution in [2.75, 3.05) is 37.8 Å². The first kappa shape index (κ1) is 28.0. The van der Waals surface area contributed by atoms with Crippen LogP contribution in [0.5, 0.6) is 0 Å². The summed E-state index contributed by atoms with van der Waals surface area (Å²) in [5, 5.41) is 9.99. The first-order valence-electron chi connectivity index (χ1n) is 13.4. The molecule has 0 unspecified atom stereocenters. The van der Waals surface area contributed by atoms with E-state index in [0.717, 1.165) is 30.8 Å². The third-order valence-electron chi connectivity index (χ3n) is 7.14. The largest absolute Gasteiger partial charge is 0.322 e. The Morgan fingerprint density at radius 2 is 1.90 bits per heavy atom. The number of carbonyl (C=O) groups excluding carboxylic acids is 1. The van der Waals surface area contributed by atoms with Crippen molar-refractivity contribution in [3.05, 3.63) is 94.8 Å². The minimum atomic E-state index is -0.331. The molecule has 4 aromatic rings. The van der Waals surface area contributed by atoms with Crippen molar-refractivity contribution in [1.82, 2.24) is 29.5 Å². The smallest absolute Gasteiger partial charge is 0.255 e. The van der Waals surface area contributed by atoms with E-state index in [9.17, 15) is 9.18 Å². The first-order valence-corrected chi connectivity index (χ1v) is 13.4. The Bertz CT molecular complexity index is 1600. The van der Waals surface area contributed by atoms with Gasteiger partial charge < -0.3 is 15.5 Å². The maximum atomic E-state index is 14.9. The Balaban J connectivity index is 1.22. The minimum absolute atomic E-state index is 0.324. The van der Waals surface area contributed by atoms with Crippen LogP contribution in [0.15, 0.2) is 61.2 Å². The molecule has 5 rings (SSSR count). The van der Waals surface area contributed by atoms with Gasteiger partial charge in [0.1, 0.15) is 5.82 Å². The highest BCUT2D eigenvalue weighted by Gasteiger charge is 2.24. The molecule has 210 valence electrons. The maximum Gasteiger partial charge on any atom is 0.255 e. The predicted octanol–water partition coefficient (Wildman–Crippen LogP) is 4.19. The van der Waals surface area contributed by atoms with E-state index in [2.05, 4.69) is 61.4 Å². The summed E-state index contributed by atoms with van der Waals surface area (Å²) in [6.07, 6.45) is 7.85. The summed E-state index contributed by atoms with van der Waals surface area (Å²) in [4.78, 5) is 26.1. The van der Waals surface area contributed by atoms with Gasteiger partial charge in [-0.3, -0.25) is 14.4 Å². The van der Waals surface area contributed by atoms with E-state index in [4.69, 9.17) is 0 Å². The average Bonchev–Trinajstić information content (AvgIpc) is 3.59. The van der Waals surface area contributed by atoms with Gasteiger partial charge in [-0.25, -0.2) is 14.4 Å². The Kier molecular flexibility index (Phi) is 8.38. The van der Waals surface area contributed by atoms with E-state index in [1.165, 1.54) is 6.07 Å². The molecule has 10 heteroatoms. The summed E-state index contributed by atoms with van der Waals surface area (Å²) in [5.74, 6) is 5.96. The lowest BCUT2D eigenvalue weighted by Gasteiger charge is -2.20. The molecule has 0 saturated carbocycles. The number of halogens is 1. The molecule has 1 amide bonds. The average molecular weight is 553 g/mol. The number of likely N-dealkylation sites (N-methyl/N-ethyl adjacent to an activating group) is 1. The summed E-state index contributed by atoms with van der Waals surface area (Å²) < 4.78 is 16.6. The molecule has 0 spiro atoms. The molecule has 2 aromatic heterocycles. The number of hydrogen-bond donors (Lipinski definition) is 2. The number of benzene rings is 2. The van der Waals surface area contributed by atoms with Crippen LogP contribution in [0.2, 0.25) is 0 Å². The van der Waals surface area contributed by atoms with Gasteiger partial charge in [-0.15, -0.1) is 0 Å². The molecule has 0 aliphatic carbocycles. The molecule has 2 N–H and O–H groups in total. The summed E-state index contributed by atoms with van der Waals surface area (Å²) in [6.45, 7) is 4.35. The molecule has 41 heavy (non-hydrogen) atoms. The zero-order chi connectivity index (χ0) is 28.9. The lowest BCUT2D eigenvalue weighted by atomic mass is 10.0. The van der Waals surface area contributed by atoms with E-state index < -0.39 is 0 Å². The zero-order valence-corrected chi connectivity index (χ0v) is 23.6. The molecular weight excluding hydrogens is 519 g/mol. The van der Waals surface area contributed by atoms with Gasteiger partial charge in [0.05, 0.1) is 17.4 Å². The topological polar surface area (TPSA) is 91.2 Å². The highest BCUT2D eigenvalue weighted by molar-refractivity contribution is 6.04. The molecule has 0 radical (unpaired) electrons. The third kappa shape index (κ3) is 7.14. The fourth-order valence-corrected chi connectivity index (χ4v) is 4.68. The molecular formula is C31H33FN8O. The van der Waals surface area contributed by atoms with E-state index in [-0.39, 0.29) is 11.7 Å². The van der Waals surface area contributed by atoms with Crippen LogP contribution in [0.25, 0.3) is 0 Å².